The highest BCUT2D eigenvalue weighted by Crippen LogP contribution is 2.21. The van der Waals surface area contributed by atoms with Gasteiger partial charge >= 0.3 is 0 Å². The number of hydrogen-bond acceptors (Lipinski definition) is 3. The molecule has 22 heavy (non-hydrogen) atoms. The van der Waals surface area contributed by atoms with Crippen molar-refractivity contribution in [1.29, 1.82) is 0 Å². The van der Waals surface area contributed by atoms with Crippen molar-refractivity contribution in [1.82, 2.24) is 15.1 Å². The number of fused-ring (bicyclic) bond motifs is 1. The lowest BCUT2D eigenvalue weighted by atomic mass is 10.0. The summed E-state index contributed by atoms with van der Waals surface area (Å²) in [7, 11) is 0. The molecule has 0 saturated carbocycles. The molecule has 1 aromatic heterocycles. The van der Waals surface area contributed by atoms with E-state index in [2.05, 4.69) is 23.4 Å². The summed E-state index contributed by atoms with van der Waals surface area (Å²) in [5.74, 6) is 0.751. The Bertz CT molecular complexity index is 690. The molecule has 5 heteroatoms. The van der Waals surface area contributed by atoms with E-state index < -0.39 is 0 Å². The van der Waals surface area contributed by atoms with Gasteiger partial charge in [0.25, 0.3) is 0 Å². The molecule has 0 saturated heterocycles. The van der Waals surface area contributed by atoms with Gasteiger partial charge in [0, 0.05) is 12.6 Å². The number of nitrogens with two attached hydrogens (primary N) is 1. The molecular weight excluding hydrogens is 276 g/mol. The number of amides is 1. The number of nitrogens with zero attached hydrogens (tertiary/aromatic N) is 2. The highest BCUT2D eigenvalue weighted by molar-refractivity contribution is 5.79. The van der Waals surface area contributed by atoms with Crippen LogP contribution in [0.1, 0.15) is 36.6 Å². The van der Waals surface area contributed by atoms with Gasteiger partial charge < -0.3 is 11.1 Å². The predicted molar refractivity (Wildman–Crippen MR) is 87.0 cm³/mol. The second kappa shape index (κ2) is 6.22. The number of nitrogen functional groups attached to an aromatic ring is 1. The number of benzene rings is 1. The van der Waals surface area contributed by atoms with Crippen molar-refractivity contribution in [2.45, 2.75) is 39.0 Å². The van der Waals surface area contributed by atoms with Gasteiger partial charge in [-0.2, -0.15) is 5.10 Å². The van der Waals surface area contributed by atoms with Crippen LogP contribution in [0.3, 0.4) is 0 Å². The number of carbonyl (C=O) groups excluding carboxylic acids is 1. The third-order valence-electron chi connectivity index (χ3n) is 4.08. The Morgan fingerprint density at radius 1 is 1.32 bits per heavy atom. The Balaban J connectivity index is 1.91. The lowest BCUT2D eigenvalue weighted by Gasteiger charge is -2.09. The zero-order chi connectivity index (χ0) is 15.5. The lowest BCUT2D eigenvalue weighted by molar-refractivity contribution is -0.120. The first-order valence-electron chi connectivity index (χ1n) is 7.90. The van der Waals surface area contributed by atoms with Gasteiger partial charge in [-0.25, -0.2) is 4.68 Å². The topological polar surface area (TPSA) is 72.9 Å². The summed E-state index contributed by atoms with van der Waals surface area (Å²) in [6.07, 6.45) is 4.52. The summed E-state index contributed by atoms with van der Waals surface area (Å²) in [6.45, 7) is 2.85. The minimum absolute atomic E-state index is 0.0898. The summed E-state index contributed by atoms with van der Waals surface area (Å²) in [5.41, 5.74) is 10.4. The summed E-state index contributed by atoms with van der Waals surface area (Å²) in [6, 6.07) is 8.06. The van der Waals surface area contributed by atoms with E-state index in [0.717, 1.165) is 42.6 Å². The van der Waals surface area contributed by atoms with E-state index in [1.54, 1.807) is 4.68 Å². The number of rotatable bonds is 4. The van der Waals surface area contributed by atoms with Crippen molar-refractivity contribution in [2.24, 2.45) is 0 Å². The fraction of sp³-hybridized carbons (Fsp3) is 0.412. The molecule has 1 aromatic carbocycles. The van der Waals surface area contributed by atoms with Crippen molar-refractivity contribution in [2.75, 3.05) is 12.3 Å². The number of anilines is 1. The number of carbonyl (C=O) groups is 1. The first kappa shape index (κ1) is 14.6. The standard InChI is InChI=1S/C17H22N4O/c1-2-3-4-14-11-16(18)21(20-14)15-6-5-12-10-17(22)19-8-7-13(12)9-15/h5-6,9,11H,2-4,7-8,10,18H2,1H3,(H,19,22). The normalized spacial score (nSPS) is 14.3. The van der Waals surface area contributed by atoms with Gasteiger partial charge in [0.05, 0.1) is 17.8 Å². The molecule has 0 unspecified atom stereocenters. The first-order valence-corrected chi connectivity index (χ1v) is 7.90. The molecule has 0 bridgehead atoms. The minimum atomic E-state index is 0.0898. The molecule has 0 aliphatic carbocycles. The summed E-state index contributed by atoms with van der Waals surface area (Å²) >= 11 is 0. The van der Waals surface area contributed by atoms with Crippen LogP contribution in [-0.2, 0) is 24.1 Å². The maximum absolute atomic E-state index is 11.6. The molecule has 3 rings (SSSR count). The Morgan fingerprint density at radius 2 is 2.18 bits per heavy atom. The van der Waals surface area contributed by atoms with Gasteiger partial charge in [-0.15, -0.1) is 0 Å². The van der Waals surface area contributed by atoms with Crippen molar-refractivity contribution < 1.29 is 4.79 Å². The van der Waals surface area contributed by atoms with Crippen LogP contribution in [0.2, 0.25) is 0 Å². The fourth-order valence-corrected chi connectivity index (χ4v) is 2.86. The highest BCUT2D eigenvalue weighted by Gasteiger charge is 2.15. The van der Waals surface area contributed by atoms with Crippen LogP contribution in [0.15, 0.2) is 24.3 Å². The second-order valence-corrected chi connectivity index (χ2v) is 5.81. The molecule has 0 fully saturated rings. The molecule has 116 valence electrons. The van der Waals surface area contributed by atoms with Crippen molar-refractivity contribution in [3.8, 4) is 5.69 Å². The van der Waals surface area contributed by atoms with E-state index in [9.17, 15) is 4.79 Å². The van der Waals surface area contributed by atoms with E-state index in [1.807, 2.05) is 18.2 Å². The molecule has 0 spiro atoms. The fourth-order valence-electron chi connectivity index (χ4n) is 2.86. The molecule has 1 amide bonds. The van der Waals surface area contributed by atoms with E-state index in [-0.39, 0.29) is 5.91 Å². The summed E-state index contributed by atoms with van der Waals surface area (Å²) < 4.78 is 1.80. The number of hydrogen-bond donors (Lipinski definition) is 2. The Morgan fingerprint density at radius 3 is 3.00 bits per heavy atom. The third kappa shape index (κ3) is 2.98. The number of aromatic nitrogens is 2. The van der Waals surface area contributed by atoms with Crippen LogP contribution in [0.4, 0.5) is 5.82 Å². The molecule has 1 aliphatic heterocycles. The molecule has 1 aliphatic rings. The molecule has 5 nitrogen and oxygen atoms in total. The Labute approximate surface area is 130 Å². The average molecular weight is 298 g/mol. The van der Waals surface area contributed by atoms with Crippen molar-refractivity contribution >= 4 is 11.7 Å². The molecule has 0 atom stereocenters. The molecule has 2 heterocycles. The third-order valence-corrected chi connectivity index (χ3v) is 4.08. The quantitative estimate of drug-likeness (QED) is 0.907. The van der Waals surface area contributed by atoms with Crippen LogP contribution in [0, 0.1) is 0 Å². The average Bonchev–Trinajstić information content (AvgIpc) is 2.76. The maximum atomic E-state index is 11.6. The molecule has 2 aromatic rings. The minimum Gasteiger partial charge on any atom is -0.384 e. The maximum Gasteiger partial charge on any atom is 0.224 e. The second-order valence-electron chi connectivity index (χ2n) is 5.81. The number of unbranched alkanes of at least 4 members (excludes halogenated alkanes) is 1. The number of aryl methyl sites for hydroxylation is 1. The largest absolute Gasteiger partial charge is 0.384 e. The monoisotopic (exact) mass is 298 g/mol. The summed E-state index contributed by atoms with van der Waals surface area (Å²) in [4.78, 5) is 11.6. The van der Waals surface area contributed by atoms with E-state index in [0.29, 0.717) is 18.8 Å². The van der Waals surface area contributed by atoms with Crippen molar-refractivity contribution in [3.05, 3.63) is 41.1 Å². The van der Waals surface area contributed by atoms with Gasteiger partial charge in [0.2, 0.25) is 5.91 Å². The molecule has 0 radical (unpaired) electrons. The lowest BCUT2D eigenvalue weighted by Crippen LogP contribution is -2.24. The summed E-state index contributed by atoms with van der Waals surface area (Å²) in [5, 5.41) is 7.52. The van der Waals surface area contributed by atoms with Crippen molar-refractivity contribution in [3.63, 3.8) is 0 Å². The van der Waals surface area contributed by atoms with E-state index >= 15 is 0 Å². The van der Waals surface area contributed by atoms with Gasteiger partial charge in [-0.1, -0.05) is 19.4 Å². The zero-order valence-electron chi connectivity index (χ0n) is 12.9. The molecular formula is C17H22N4O. The van der Waals surface area contributed by atoms with Crippen LogP contribution in [-0.4, -0.2) is 22.2 Å². The van der Waals surface area contributed by atoms with Gasteiger partial charge in [-0.05, 0) is 42.5 Å². The van der Waals surface area contributed by atoms with Gasteiger partial charge in [-0.3, -0.25) is 4.79 Å². The predicted octanol–water partition coefficient (Wildman–Crippen LogP) is 2.01. The van der Waals surface area contributed by atoms with E-state index in [4.69, 9.17) is 5.73 Å². The highest BCUT2D eigenvalue weighted by atomic mass is 16.1. The van der Waals surface area contributed by atoms with Gasteiger partial charge in [0.1, 0.15) is 5.82 Å². The van der Waals surface area contributed by atoms with Crippen LogP contribution in [0.25, 0.3) is 5.69 Å². The SMILES string of the molecule is CCCCc1cc(N)n(-c2ccc3c(c2)CCNC(=O)C3)n1. The van der Waals surface area contributed by atoms with Crippen LogP contribution in [0.5, 0.6) is 0 Å². The zero-order valence-corrected chi connectivity index (χ0v) is 12.9. The van der Waals surface area contributed by atoms with Crippen LogP contribution < -0.4 is 11.1 Å². The smallest absolute Gasteiger partial charge is 0.224 e. The Hall–Kier alpha value is -2.30. The first-order chi connectivity index (χ1) is 10.7. The number of nitrogens with one attached hydrogen (secondary N) is 1. The van der Waals surface area contributed by atoms with Crippen LogP contribution >= 0.6 is 0 Å². The molecule has 3 N–H and O–H groups in total. The Kier molecular flexibility index (Phi) is 4.13. The van der Waals surface area contributed by atoms with E-state index in [1.165, 1.54) is 5.56 Å². The van der Waals surface area contributed by atoms with Gasteiger partial charge in [0.15, 0.2) is 0 Å².